The predicted molar refractivity (Wildman–Crippen MR) is 93.1 cm³/mol. The molecule has 0 bridgehead atoms. The van der Waals surface area contributed by atoms with Crippen molar-refractivity contribution < 1.29 is 19.0 Å². The summed E-state index contributed by atoms with van der Waals surface area (Å²) in [5, 5.41) is 10.8. The summed E-state index contributed by atoms with van der Waals surface area (Å²) in [6.07, 6.45) is -0.412. The summed E-state index contributed by atoms with van der Waals surface area (Å²) in [4.78, 5) is 19.6. The first kappa shape index (κ1) is 18.0. The van der Waals surface area contributed by atoms with E-state index < -0.39 is 6.10 Å². The number of benzene rings is 1. The smallest absolute Gasteiger partial charge is 0.266 e. The summed E-state index contributed by atoms with van der Waals surface area (Å²) in [6.45, 7) is 3.90. The molecule has 0 unspecified atom stereocenters. The summed E-state index contributed by atoms with van der Waals surface area (Å²) in [5.41, 5.74) is 1.34. The number of amides is 1. The molecular formula is C18H21FN2O3S. The number of β-amino-alcohol motifs (C(OH)–C–C–N with tert-alkyl or cyclic N) is 1. The molecule has 1 aliphatic heterocycles. The van der Waals surface area contributed by atoms with Gasteiger partial charge in [-0.3, -0.25) is 4.79 Å². The van der Waals surface area contributed by atoms with Crippen LogP contribution in [0.3, 0.4) is 0 Å². The Hall–Kier alpha value is -1.83. The SMILES string of the molecule is CO[C@H](C)c1nc(C)c(C(=O)N2C[C@H](O)C[C@@H]2c2cccc(F)c2)s1. The average Bonchev–Trinajstić information content (AvgIpc) is 3.16. The number of methoxy groups -OCH3 is 1. The van der Waals surface area contributed by atoms with Gasteiger partial charge in [0.15, 0.2) is 0 Å². The van der Waals surface area contributed by atoms with E-state index in [-0.39, 0.29) is 30.4 Å². The lowest BCUT2D eigenvalue weighted by Crippen LogP contribution is -2.31. The first-order valence-corrected chi connectivity index (χ1v) is 8.97. The van der Waals surface area contributed by atoms with Crippen LogP contribution < -0.4 is 0 Å². The van der Waals surface area contributed by atoms with Crippen molar-refractivity contribution >= 4 is 17.2 Å². The number of aromatic nitrogens is 1. The van der Waals surface area contributed by atoms with E-state index in [4.69, 9.17) is 4.74 Å². The Morgan fingerprint density at radius 3 is 2.96 bits per heavy atom. The molecule has 0 radical (unpaired) electrons. The maximum absolute atomic E-state index is 13.6. The number of aliphatic hydroxyl groups excluding tert-OH is 1. The minimum atomic E-state index is -0.622. The Morgan fingerprint density at radius 2 is 2.28 bits per heavy atom. The monoisotopic (exact) mass is 364 g/mol. The second kappa shape index (κ2) is 7.19. The molecule has 5 nitrogen and oxygen atoms in total. The second-order valence-corrected chi connectivity index (χ2v) is 7.29. The molecule has 1 amide bonds. The summed E-state index contributed by atoms with van der Waals surface area (Å²) in [5.74, 6) is -0.535. The highest BCUT2D eigenvalue weighted by atomic mass is 32.1. The number of ether oxygens (including phenoxy) is 1. The fourth-order valence-electron chi connectivity index (χ4n) is 3.09. The fraction of sp³-hybridized carbons (Fsp3) is 0.444. The lowest BCUT2D eigenvalue weighted by Gasteiger charge is -2.24. The molecule has 134 valence electrons. The second-order valence-electron chi connectivity index (χ2n) is 6.26. The van der Waals surface area contributed by atoms with Gasteiger partial charge in [-0.2, -0.15) is 0 Å². The van der Waals surface area contributed by atoms with Gasteiger partial charge in [-0.1, -0.05) is 12.1 Å². The van der Waals surface area contributed by atoms with Gasteiger partial charge in [-0.25, -0.2) is 9.37 Å². The first-order chi connectivity index (χ1) is 11.9. The van der Waals surface area contributed by atoms with E-state index >= 15 is 0 Å². The van der Waals surface area contributed by atoms with Crippen LogP contribution in [0.5, 0.6) is 0 Å². The molecule has 1 saturated heterocycles. The molecular weight excluding hydrogens is 343 g/mol. The van der Waals surface area contributed by atoms with Crippen molar-refractivity contribution in [1.82, 2.24) is 9.88 Å². The summed E-state index contributed by atoms with van der Waals surface area (Å²) in [7, 11) is 1.60. The highest BCUT2D eigenvalue weighted by Crippen LogP contribution is 2.35. The van der Waals surface area contributed by atoms with Crippen molar-refractivity contribution in [2.45, 2.75) is 38.5 Å². The molecule has 0 aliphatic carbocycles. The Labute approximate surface area is 150 Å². The van der Waals surface area contributed by atoms with Crippen molar-refractivity contribution in [2.75, 3.05) is 13.7 Å². The van der Waals surface area contributed by atoms with Gasteiger partial charge in [0.25, 0.3) is 5.91 Å². The first-order valence-electron chi connectivity index (χ1n) is 8.15. The zero-order chi connectivity index (χ0) is 18.1. The number of hydrogen-bond acceptors (Lipinski definition) is 5. The van der Waals surface area contributed by atoms with E-state index in [1.807, 2.05) is 6.92 Å². The third-order valence-corrected chi connectivity index (χ3v) is 5.79. The van der Waals surface area contributed by atoms with E-state index in [0.29, 0.717) is 22.6 Å². The van der Waals surface area contributed by atoms with Gasteiger partial charge in [0, 0.05) is 13.7 Å². The van der Waals surface area contributed by atoms with Crippen molar-refractivity contribution in [1.29, 1.82) is 0 Å². The highest BCUT2D eigenvalue weighted by Gasteiger charge is 2.37. The molecule has 1 aliphatic rings. The van der Waals surface area contributed by atoms with Gasteiger partial charge in [0.05, 0.1) is 17.8 Å². The number of halogens is 1. The van der Waals surface area contributed by atoms with Crippen LogP contribution in [0.4, 0.5) is 4.39 Å². The lowest BCUT2D eigenvalue weighted by atomic mass is 10.0. The minimum absolute atomic E-state index is 0.185. The maximum Gasteiger partial charge on any atom is 0.266 e. The Morgan fingerprint density at radius 1 is 1.52 bits per heavy atom. The molecule has 25 heavy (non-hydrogen) atoms. The molecule has 3 atom stereocenters. The Balaban J connectivity index is 1.91. The van der Waals surface area contributed by atoms with Gasteiger partial charge in [-0.05, 0) is 38.0 Å². The molecule has 2 heterocycles. The number of nitrogens with zero attached hydrogens (tertiary/aromatic N) is 2. The molecule has 1 aromatic heterocycles. The summed E-state index contributed by atoms with van der Waals surface area (Å²) in [6, 6.07) is 5.84. The zero-order valence-corrected chi connectivity index (χ0v) is 15.2. The number of carbonyl (C=O) groups excluding carboxylic acids is 1. The predicted octanol–water partition coefficient (Wildman–Crippen LogP) is 3.25. The molecule has 7 heteroatoms. The quantitative estimate of drug-likeness (QED) is 0.905. The van der Waals surface area contributed by atoms with Crippen LogP contribution in [0.2, 0.25) is 0 Å². The number of aryl methyl sites for hydroxylation is 1. The van der Waals surface area contributed by atoms with E-state index in [1.165, 1.54) is 23.5 Å². The van der Waals surface area contributed by atoms with Gasteiger partial charge in [0.2, 0.25) is 0 Å². The summed E-state index contributed by atoms with van der Waals surface area (Å²) < 4.78 is 18.8. The van der Waals surface area contributed by atoms with Crippen LogP contribution in [-0.2, 0) is 4.74 Å². The van der Waals surface area contributed by atoms with Gasteiger partial charge in [0.1, 0.15) is 21.8 Å². The molecule has 1 N–H and O–H groups in total. The number of rotatable bonds is 4. The molecule has 3 rings (SSSR count). The number of hydrogen-bond donors (Lipinski definition) is 1. The lowest BCUT2D eigenvalue weighted by molar-refractivity contribution is 0.0719. The number of thiazole rings is 1. The van der Waals surface area contributed by atoms with Crippen LogP contribution in [-0.4, -0.2) is 40.7 Å². The van der Waals surface area contributed by atoms with Gasteiger partial charge in [-0.15, -0.1) is 11.3 Å². The van der Waals surface area contributed by atoms with E-state index in [2.05, 4.69) is 4.98 Å². The topological polar surface area (TPSA) is 62.7 Å². The van der Waals surface area contributed by atoms with Crippen LogP contribution >= 0.6 is 11.3 Å². The average molecular weight is 364 g/mol. The van der Waals surface area contributed by atoms with Gasteiger partial charge < -0.3 is 14.7 Å². The van der Waals surface area contributed by atoms with Crippen molar-refractivity contribution in [3.05, 3.63) is 51.2 Å². The minimum Gasteiger partial charge on any atom is -0.391 e. The van der Waals surface area contributed by atoms with Crippen molar-refractivity contribution in [2.24, 2.45) is 0 Å². The van der Waals surface area contributed by atoms with E-state index in [1.54, 1.807) is 31.1 Å². The maximum atomic E-state index is 13.6. The van der Waals surface area contributed by atoms with Gasteiger partial charge >= 0.3 is 0 Å². The molecule has 1 fully saturated rings. The standard InChI is InChI=1S/C18H21FN2O3S/c1-10-16(25-17(20-10)11(2)24-3)18(23)21-9-14(22)8-15(21)12-5-4-6-13(19)7-12/h4-7,11,14-15,22H,8-9H2,1-3H3/t11-,14-,15-/m1/s1. The highest BCUT2D eigenvalue weighted by molar-refractivity contribution is 7.13. The van der Waals surface area contributed by atoms with E-state index in [0.717, 1.165) is 5.01 Å². The van der Waals surface area contributed by atoms with Crippen LogP contribution in [0.15, 0.2) is 24.3 Å². The summed E-state index contributed by atoms with van der Waals surface area (Å²) >= 11 is 1.31. The normalized spacial score (nSPS) is 21.6. The third-order valence-electron chi connectivity index (χ3n) is 4.48. The fourth-order valence-corrected chi connectivity index (χ4v) is 4.14. The Bertz CT molecular complexity index is 779. The third kappa shape index (κ3) is 3.58. The molecule has 0 saturated carbocycles. The number of carbonyl (C=O) groups is 1. The van der Waals surface area contributed by atoms with Crippen molar-refractivity contribution in [3.63, 3.8) is 0 Å². The van der Waals surface area contributed by atoms with Crippen LogP contribution in [0.1, 0.15) is 51.4 Å². The van der Waals surface area contributed by atoms with Crippen LogP contribution in [0, 0.1) is 12.7 Å². The molecule has 1 aromatic carbocycles. The number of aliphatic hydroxyl groups is 1. The van der Waals surface area contributed by atoms with E-state index in [9.17, 15) is 14.3 Å². The van der Waals surface area contributed by atoms with Crippen molar-refractivity contribution in [3.8, 4) is 0 Å². The molecule has 0 spiro atoms. The largest absolute Gasteiger partial charge is 0.391 e. The zero-order valence-electron chi connectivity index (χ0n) is 14.4. The molecule has 2 aromatic rings. The van der Waals surface area contributed by atoms with Crippen LogP contribution in [0.25, 0.3) is 0 Å². The number of likely N-dealkylation sites (tertiary alicyclic amines) is 1. The Kier molecular flexibility index (Phi) is 5.17.